The maximum Gasteiger partial charge on any atom is 0.294 e. The van der Waals surface area contributed by atoms with Crippen molar-refractivity contribution in [1.29, 1.82) is 0 Å². The lowest BCUT2D eigenvalue weighted by Gasteiger charge is -2.26. The number of hydrogen-bond acceptors (Lipinski definition) is 4. The van der Waals surface area contributed by atoms with E-state index < -0.39 is 10.1 Å². The number of rotatable bonds is 2. The smallest absolute Gasteiger partial charge is 0.294 e. The number of hydrogen-bond donors (Lipinski definition) is 3. The van der Waals surface area contributed by atoms with E-state index in [1.54, 1.807) is 12.1 Å². The Morgan fingerprint density at radius 2 is 1.83 bits per heavy atom. The summed E-state index contributed by atoms with van der Waals surface area (Å²) < 4.78 is 29.6. The highest BCUT2D eigenvalue weighted by atomic mass is 32.2. The van der Waals surface area contributed by atoms with Gasteiger partial charge in [-0.1, -0.05) is 31.5 Å². The van der Waals surface area contributed by atoms with Crippen molar-refractivity contribution < 1.29 is 22.9 Å². The SMILES string of the molecule is CC[C@@H]1C[C@H](C)CCN1.Cc1ccc(S(=O)(=O)O)cc1.O=CO. The van der Waals surface area contributed by atoms with Crippen molar-refractivity contribution in [3.05, 3.63) is 29.8 Å². The van der Waals surface area contributed by atoms with Crippen molar-refractivity contribution in [2.75, 3.05) is 6.54 Å². The maximum atomic E-state index is 10.5. The minimum Gasteiger partial charge on any atom is -0.483 e. The third-order valence-corrected chi connectivity index (χ3v) is 4.44. The van der Waals surface area contributed by atoms with E-state index in [0.717, 1.165) is 17.5 Å². The second kappa shape index (κ2) is 11.2. The molecule has 1 aliphatic rings. The van der Waals surface area contributed by atoms with Crippen LogP contribution in [0.2, 0.25) is 0 Å². The molecular formula is C16H27NO5S. The summed E-state index contributed by atoms with van der Waals surface area (Å²) >= 11 is 0. The topological polar surface area (TPSA) is 104 Å². The zero-order chi connectivity index (χ0) is 17.9. The molecule has 0 saturated carbocycles. The molecule has 2 rings (SSSR count). The molecule has 6 nitrogen and oxygen atoms in total. The van der Waals surface area contributed by atoms with E-state index >= 15 is 0 Å². The van der Waals surface area contributed by atoms with Gasteiger partial charge in [-0.2, -0.15) is 8.42 Å². The Labute approximate surface area is 138 Å². The predicted octanol–water partition coefficient (Wildman–Crippen LogP) is 2.73. The highest BCUT2D eigenvalue weighted by Gasteiger charge is 2.15. The first kappa shape index (κ1) is 21.6. The van der Waals surface area contributed by atoms with E-state index in [2.05, 4.69) is 19.2 Å². The Kier molecular flexibility index (Phi) is 10.5. The summed E-state index contributed by atoms with van der Waals surface area (Å²) in [5, 5.41) is 10.4. The molecule has 0 bridgehead atoms. The Balaban J connectivity index is 0.000000365. The Hall–Kier alpha value is -1.44. The Bertz CT molecular complexity index is 542. The number of nitrogens with one attached hydrogen (secondary N) is 1. The van der Waals surface area contributed by atoms with E-state index in [1.165, 1.54) is 37.9 Å². The van der Waals surface area contributed by atoms with E-state index in [-0.39, 0.29) is 11.4 Å². The lowest BCUT2D eigenvalue weighted by Crippen LogP contribution is -2.36. The number of carboxylic acid groups (broad SMARTS) is 1. The summed E-state index contributed by atoms with van der Waals surface area (Å²) in [6.45, 7) is 7.44. The summed E-state index contributed by atoms with van der Waals surface area (Å²) in [5.74, 6) is 0.955. The first-order chi connectivity index (χ1) is 10.7. The van der Waals surface area contributed by atoms with Crippen LogP contribution in [-0.2, 0) is 14.9 Å². The fraction of sp³-hybridized carbons (Fsp3) is 0.562. The summed E-state index contributed by atoms with van der Waals surface area (Å²) in [5.41, 5.74) is 0.956. The average molecular weight is 345 g/mol. The van der Waals surface area contributed by atoms with Gasteiger partial charge in [-0.15, -0.1) is 0 Å². The first-order valence-electron chi connectivity index (χ1n) is 7.59. The molecule has 1 fully saturated rings. The van der Waals surface area contributed by atoms with Gasteiger partial charge in [-0.05, 0) is 50.8 Å². The fourth-order valence-corrected chi connectivity index (χ4v) is 2.72. The van der Waals surface area contributed by atoms with Gasteiger partial charge >= 0.3 is 0 Å². The third kappa shape index (κ3) is 10.0. The molecule has 0 aliphatic carbocycles. The lowest BCUT2D eigenvalue weighted by molar-refractivity contribution is -0.122. The second-order valence-corrected chi connectivity index (χ2v) is 7.00. The van der Waals surface area contributed by atoms with Crippen LogP contribution in [0.25, 0.3) is 0 Å². The molecule has 0 aromatic heterocycles. The summed E-state index contributed by atoms with van der Waals surface area (Å²) in [7, 11) is -4.02. The molecule has 1 aliphatic heterocycles. The van der Waals surface area contributed by atoms with Gasteiger partial charge in [0.2, 0.25) is 0 Å². The summed E-state index contributed by atoms with van der Waals surface area (Å²) in [4.78, 5) is 8.29. The maximum absolute atomic E-state index is 10.5. The van der Waals surface area contributed by atoms with Gasteiger partial charge in [0.1, 0.15) is 0 Å². The molecule has 23 heavy (non-hydrogen) atoms. The van der Waals surface area contributed by atoms with Crippen molar-refractivity contribution in [2.24, 2.45) is 5.92 Å². The molecule has 1 heterocycles. The van der Waals surface area contributed by atoms with E-state index in [4.69, 9.17) is 14.5 Å². The number of aryl methyl sites for hydroxylation is 1. The monoisotopic (exact) mass is 345 g/mol. The third-order valence-electron chi connectivity index (χ3n) is 3.57. The molecule has 7 heteroatoms. The minimum atomic E-state index is -4.02. The van der Waals surface area contributed by atoms with Crippen molar-refractivity contribution >= 4 is 16.6 Å². The molecule has 1 aromatic rings. The van der Waals surface area contributed by atoms with Gasteiger partial charge < -0.3 is 10.4 Å². The molecule has 0 unspecified atom stereocenters. The number of carbonyl (C=O) groups is 1. The lowest BCUT2D eigenvalue weighted by atomic mass is 9.93. The van der Waals surface area contributed by atoms with Crippen LogP contribution in [-0.4, -0.2) is 37.1 Å². The summed E-state index contributed by atoms with van der Waals surface area (Å²) in [6, 6.07) is 6.80. The molecule has 132 valence electrons. The standard InChI is InChI=1S/C8H17N.C7H8O3S.CH2O2/c1-3-8-6-7(2)4-5-9-8;1-6-2-4-7(5-3-6)11(8,9)10;2-1-3/h7-9H,3-6H2,1-2H3;2-5H,1H3,(H,8,9,10);1H,(H,2,3)/t7-,8-;;/m1../s1. The van der Waals surface area contributed by atoms with Crippen molar-refractivity contribution in [3.63, 3.8) is 0 Å². The second-order valence-electron chi connectivity index (χ2n) is 5.58. The highest BCUT2D eigenvalue weighted by Crippen LogP contribution is 2.16. The van der Waals surface area contributed by atoms with Crippen molar-refractivity contribution in [3.8, 4) is 0 Å². The van der Waals surface area contributed by atoms with Gasteiger partial charge in [0, 0.05) is 6.04 Å². The van der Waals surface area contributed by atoms with Crippen molar-refractivity contribution in [2.45, 2.75) is 51.0 Å². The molecular weight excluding hydrogens is 318 g/mol. The van der Waals surface area contributed by atoms with Crippen molar-refractivity contribution in [1.82, 2.24) is 5.32 Å². The zero-order valence-corrected chi connectivity index (χ0v) is 14.7. The van der Waals surface area contributed by atoms with Crippen LogP contribution in [0, 0.1) is 12.8 Å². The minimum absolute atomic E-state index is 0.0666. The van der Waals surface area contributed by atoms with Crippen LogP contribution < -0.4 is 5.32 Å². The molecule has 1 aromatic carbocycles. The van der Waals surface area contributed by atoms with Gasteiger partial charge in [-0.25, -0.2) is 0 Å². The zero-order valence-electron chi connectivity index (χ0n) is 13.9. The molecule has 3 N–H and O–H groups in total. The number of benzene rings is 1. The predicted molar refractivity (Wildman–Crippen MR) is 90.2 cm³/mol. The van der Waals surface area contributed by atoms with Gasteiger partial charge in [0.05, 0.1) is 4.90 Å². The molecule has 0 radical (unpaired) electrons. The van der Waals surface area contributed by atoms with Gasteiger partial charge in [0.25, 0.3) is 16.6 Å². The normalized spacial score (nSPS) is 20.3. The van der Waals surface area contributed by atoms with E-state index in [1.807, 2.05) is 6.92 Å². The fourth-order valence-electron chi connectivity index (χ4n) is 2.24. The van der Waals surface area contributed by atoms with E-state index in [0.29, 0.717) is 0 Å². The quantitative estimate of drug-likeness (QED) is 0.562. The Morgan fingerprint density at radius 3 is 2.17 bits per heavy atom. The Morgan fingerprint density at radius 1 is 1.30 bits per heavy atom. The average Bonchev–Trinajstić information content (AvgIpc) is 2.48. The summed E-state index contributed by atoms with van der Waals surface area (Å²) in [6.07, 6.45) is 4.05. The van der Waals surface area contributed by atoms with Gasteiger partial charge in [-0.3, -0.25) is 9.35 Å². The molecule has 2 atom stereocenters. The van der Waals surface area contributed by atoms with Gasteiger partial charge in [0.15, 0.2) is 0 Å². The molecule has 0 spiro atoms. The van der Waals surface area contributed by atoms with Crippen LogP contribution in [0.1, 0.15) is 38.7 Å². The largest absolute Gasteiger partial charge is 0.483 e. The van der Waals surface area contributed by atoms with Crippen LogP contribution >= 0.6 is 0 Å². The highest BCUT2D eigenvalue weighted by molar-refractivity contribution is 7.85. The van der Waals surface area contributed by atoms with Crippen LogP contribution in [0.4, 0.5) is 0 Å². The van der Waals surface area contributed by atoms with Crippen LogP contribution in [0.3, 0.4) is 0 Å². The number of piperidine rings is 1. The van der Waals surface area contributed by atoms with Crippen LogP contribution in [0.5, 0.6) is 0 Å². The first-order valence-corrected chi connectivity index (χ1v) is 9.04. The molecule has 1 saturated heterocycles. The molecule has 0 amide bonds. The van der Waals surface area contributed by atoms with E-state index in [9.17, 15) is 8.42 Å². The van der Waals surface area contributed by atoms with Crippen LogP contribution in [0.15, 0.2) is 29.2 Å².